The number of rotatable bonds is 2. The molecule has 0 amide bonds. The van der Waals surface area contributed by atoms with Gasteiger partial charge in [0.2, 0.25) is 0 Å². The number of nitrogens with one attached hydrogen (secondary N) is 1. The van der Waals surface area contributed by atoms with Crippen LogP contribution in [0.1, 0.15) is 29.0 Å². The quantitative estimate of drug-likeness (QED) is 0.891. The molecule has 1 saturated heterocycles. The number of nitrogens with zero attached hydrogens (tertiary/aromatic N) is 1. The molecule has 0 saturated carbocycles. The van der Waals surface area contributed by atoms with Crippen LogP contribution in [0.5, 0.6) is 0 Å². The molecule has 0 aromatic heterocycles. The molecule has 3 heteroatoms. The van der Waals surface area contributed by atoms with Gasteiger partial charge in [0.1, 0.15) is 6.23 Å². The maximum absolute atomic E-state index is 8.79. The minimum atomic E-state index is -0.0991. The fourth-order valence-corrected chi connectivity index (χ4v) is 2.27. The maximum atomic E-state index is 8.79. The molecule has 1 aliphatic heterocycles. The SMILES string of the molecule is N#Cc1ccc([C@H]2N[C@@H](c3ccccc3)CO2)cc1. The van der Waals surface area contributed by atoms with Crippen molar-refractivity contribution in [2.75, 3.05) is 6.61 Å². The Labute approximate surface area is 112 Å². The number of hydrogen-bond donors (Lipinski definition) is 1. The second-order valence-electron chi connectivity index (χ2n) is 4.58. The van der Waals surface area contributed by atoms with E-state index in [2.05, 4.69) is 23.5 Å². The predicted octanol–water partition coefficient (Wildman–Crippen LogP) is 2.92. The first-order valence-electron chi connectivity index (χ1n) is 6.29. The molecule has 0 unspecified atom stereocenters. The normalized spacial score (nSPS) is 22.1. The van der Waals surface area contributed by atoms with Gasteiger partial charge in [0.25, 0.3) is 0 Å². The van der Waals surface area contributed by atoms with Crippen molar-refractivity contribution in [3.63, 3.8) is 0 Å². The van der Waals surface area contributed by atoms with Crippen molar-refractivity contribution in [2.24, 2.45) is 0 Å². The van der Waals surface area contributed by atoms with Gasteiger partial charge in [-0.25, -0.2) is 0 Å². The summed E-state index contributed by atoms with van der Waals surface area (Å²) in [5, 5.41) is 12.2. The maximum Gasteiger partial charge on any atom is 0.134 e. The minimum absolute atomic E-state index is 0.0991. The molecular formula is C16H14N2O. The fourth-order valence-electron chi connectivity index (χ4n) is 2.27. The third-order valence-electron chi connectivity index (χ3n) is 3.33. The molecule has 0 spiro atoms. The van der Waals surface area contributed by atoms with E-state index in [9.17, 15) is 0 Å². The van der Waals surface area contributed by atoms with Crippen molar-refractivity contribution in [3.05, 3.63) is 71.3 Å². The molecule has 2 aromatic carbocycles. The highest BCUT2D eigenvalue weighted by Crippen LogP contribution is 2.28. The van der Waals surface area contributed by atoms with Gasteiger partial charge in [-0.05, 0) is 23.3 Å². The molecule has 3 nitrogen and oxygen atoms in total. The summed E-state index contributed by atoms with van der Waals surface area (Å²) in [6, 6.07) is 20.1. The van der Waals surface area contributed by atoms with Gasteiger partial charge >= 0.3 is 0 Å². The topological polar surface area (TPSA) is 45.0 Å². The van der Waals surface area contributed by atoms with Gasteiger partial charge in [-0.3, -0.25) is 5.32 Å². The van der Waals surface area contributed by atoms with Gasteiger partial charge in [0.15, 0.2) is 0 Å². The number of ether oxygens (including phenoxy) is 1. The summed E-state index contributed by atoms with van der Waals surface area (Å²) in [6.07, 6.45) is -0.0991. The fraction of sp³-hybridized carbons (Fsp3) is 0.188. The highest BCUT2D eigenvalue weighted by molar-refractivity contribution is 5.33. The molecule has 1 aliphatic rings. The molecule has 0 aliphatic carbocycles. The molecule has 0 bridgehead atoms. The van der Waals surface area contributed by atoms with Crippen LogP contribution in [0, 0.1) is 11.3 Å². The molecule has 3 rings (SSSR count). The van der Waals surface area contributed by atoms with E-state index in [0.717, 1.165) is 5.56 Å². The van der Waals surface area contributed by atoms with Crippen molar-refractivity contribution in [1.29, 1.82) is 5.26 Å². The summed E-state index contributed by atoms with van der Waals surface area (Å²) in [7, 11) is 0. The van der Waals surface area contributed by atoms with Crippen LogP contribution in [0.15, 0.2) is 54.6 Å². The molecule has 1 fully saturated rings. The lowest BCUT2D eigenvalue weighted by atomic mass is 10.1. The summed E-state index contributed by atoms with van der Waals surface area (Å²) < 4.78 is 5.79. The second kappa shape index (κ2) is 5.23. The highest BCUT2D eigenvalue weighted by Gasteiger charge is 2.26. The van der Waals surface area contributed by atoms with Crippen molar-refractivity contribution in [1.82, 2.24) is 5.32 Å². The van der Waals surface area contributed by atoms with Gasteiger partial charge in [-0.2, -0.15) is 5.26 Å². The molecule has 2 atom stereocenters. The number of benzene rings is 2. The van der Waals surface area contributed by atoms with E-state index in [-0.39, 0.29) is 12.3 Å². The Morgan fingerprint density at radius 3 is 2.42 bits per heavy atom. The molecule has 2 aromatic rings. The van der Waals surface area contributed by atoms with Crippen LogP contribution in [-0.4, -0.2) is 6.61 Å². The molecule has 94 valence electrons. The lowest BCUT2D eigenvalue weighted by molar-refractivity contribution is 0.101. The van der Waals surface area contributed by atoms with Crippen molar-refractivity contribution in [3.8, 4) is 6.07 Å². The zero-order valence-electron chi connectivity index (χ0n) is 10.4. The number of nitriles is 1. The van der Waals surface area contributed by atoms with Crippen LogP contribution < -0.4 is 5.32 Å². The summed E-state index contributed by atoms with van der Waals surface area (Å²) in [4.78, 5) is 0. The average molecular weight is 250 g/mol. The Morgan fingerprint density at radius 1 is 1.00 bits per heavy atom. The zero-order valence-corrected chi connectivity index (χ0v) is 10.4. The Kier molecular flexibility index (Phi) is 3.28. The van der Waals surface area contributed by atoms with E-state index in [1.807, 2.05) is 42.5 Å². The van der Waals surface area contributed by atoms with Crippen LogP contribution in [0.4, 0.5) is 0 Å². The largest absolute Gasteiger partial charge is 0.357 e. The van der Waals surface area contributed by atoms with Crippen LogP contribution in [0.2, 0.25) is 0 Å². The van der Waals surface area contributed by atoms with Crippen molar-refractivity contribution in [2.45, 2.75) is 12.3 Å². The summed E-state index contributed by atoms with van der Waals surface area (Å²) in [5.74, 6) is 0. The Bertz CT molecular complexity index is 586. The van der Waals surface area contributed by atoms with Crippen LogP contribution in [-0.2, 0) is 4.74 Å². The molecule has 19 heavy (non-hydrogen) atoms. The van der Waals surface area contributed by atoms with E-state index < -0.39 is 0 Å². The standard InChI is InChI=1S/C16H14N2O/c17-10-12-6-8-14(9-7-12)16-18-15(11-19-16)13-4-2-1-3-5-13/h1-9,15-16,18H,11H2/t15-,16+/m1/s1. The second-order valence-corrected chi connectivity index (χ2v) is 4.58. The summed E-state index contributed by atoms with van der Waals surface area (Å²) in [6.45, 7) is 0.661. The highest BCUT2D eigenvalue weighted by atomic mass is 16.5. The lowest BCUT2D eigenvalue weighted by Crippen LogP contribution is -2.18. The first-order chi connectivity index (χ1) is 9.36. The Balaban J connectivity index is 1.73. The molecule has 1 heterocycles. The van der Waals surface area contributed by atoms with E-state index in [1.165, 1.54) is 5.56 Å². The van der Waals surface area contributed by atoms with Crippen LogP contribution in [0.3, 0.4) is 0 Å². The predicted molar refractivity (Wildman–Crippen MR) is 72.2 cm³/mol. The van der Waals surface area contributed by atoms with Gasteiger partial charge in [0, 0.05) is 0 Å². The Hall–Kier alpha value is -2.15. The van der Waals surface area contributed by atoms with Gasteiger partial charge in [0.05, 0.1) is 24.3 Å². The Morgan fingerprint density at radius 2 is 1.74 bits per heavy atom. The molecular weight excluding hydrogens is 236 g/mol. The van der Waals surface area contributed by atoms with Gasteiger partial charge in [-0.1, -0.05) is 42.5 Å². The monoisotopic (exact) mass is 250 g/mol. The third-order valence-corrected chi connectivity index (χ3v) is 3.33. The lowest BCUT2D eigenvalue weighted by Gasteiger charge is -2.12. The van der Waals surface area contributed by atoms with E-state index >= 15 is 0 Å². The van der Waals surface area contributed by atoms with E-state index in [0.29, 0.717) is 12.2 Å². The molecule has 1 N–H and O–H groups in total. The summed E-state index contributed by atoms with van der Waals surface area (Å²) >= 11 is 0. The van der Waals surface area contributed by atoms with Gasteiger partial charge < -0.3 is 4.74 Å². The average Bonchev–Trinajstić information content (AvgIpc) is 2.98. The molecule has 0 radical (unpaired) electrons. The van der Waals surface area contributed by atoms with E-state index in [1.54, 1.807) is 0 Å². The zero-order chi connectivity index (χ0) is 13.1. The van der Waals surface area contributed by atoms with E-state index in [4.69, 9.17) is 10.00 Å². The van der Waals surface area contributed by atoms with Crippen LogP contribution in [0.25, 0.3) is 0 Å². The first-order valence-corrected chi connectivity index (χ1v) is 6.29. The summed E-state index contributed by atoms with van der Waals surface area (Å²) in [5.41, 5.74) is 2.96. The first kappa shape index (κ1) is 11.9. The minimum Gasteiger partial charge on any atom is -0.357 e. The smallest absolute Gasteiger partial charge is 0.134 e. The van der Waals surface area contributed by atoms with Crippen molar-refractivity contribution < 1.29 is 4.74 Å². The van der Waals surface area contributed by atoms with Crippen molar-refractivity contribution >= 4 is 0 Å². The number of hydrogen-bond acceptors (Lipinski definition) is 3. The third kappa shape index (κ3) is 2.50. The van der Waals surface area contributed by atoms with Gasteiger partial charge in [-0.15, -0.1) is 0 Å². The van der Waals surface area contributed by atoms with Crippen LogP contribution >= 0.6 is 0 Å².